The summed E-state index contributed by atoms with van der Waals surface area (Å²) < 4.78 is 11.6. The minimum atomic E-state index is -0.0416. The van der Waals surface area contributed by atoms with Crippen molar-refractivity contribution in [2.24, 2.45) is 11.7 Å². The number of hydrogen-bond donors (Lipinski definition) is 1. The molecule has 0 bridgehead atoms. The lowest BCUT2D eigenvalue weighted by molar-refractivity contribution is -0.0824. The summed E-state index contributed by atoms with van der Waals surface area (Å²) in [4.78, 5) is 0. The average Bonchev–Trinajstić information content (AvgIpc) is 2.80. The fraction of sp³-hybridized carbons (Fsp3) is 1.00. The quantitative estimate of drug-likeness (QED) is 0.800. The van der Waals surface area contributed by atoms with Gasteiger partial charge in [-0.05, 0) is 32.6 Å². The molecule has 1 saturated carbocycles. The van der Waals surface area contributed by atoms with Gasteiger partial charge in [0, 0.05) is 25.2 Å². The SMILES string of the molecule is CCOC1(C(N)C2CCCOC2)CCCC1. The zero-order valence-electron chi connectivity index (χ0n) is 10.4. The molecule has 94 valence electrons. The second-order valence-corrected chi connectivity index (χ2v) is 5.21. The van der Waals surface area contributed by atoms with Crippen molar-refractivity contribution in [3.8, 4) is 0 Å². The third-order valence-corrected chi connectivity index (χ3v) is 4.19. The third-order valence-electron chi connectivity index (χ3n) is 4.19. The van der Waals surface area contributed by atoms with Gasteiger partial charge in [-0.3, -0.25) is 0 Å². The summed E-state index contributed by atoms with van der Waals surface area (Å²) >= 11 is 0. The summed E-state index contributed by atoms with van der Waals surface area (Å²) in [6.07, 6.45) is 7.16. The maximum atomic E-state index is 6.47. The second-order valence-electron chi connectivity index (χ2n) is 5.21. The van der Waals surface area contributed by atoms with Crippen LogP contribution in [-0.2, 0) is 9.47 Å². The van der Waals surface area contributed by atoms with E-state index in [0.29, 0.717) is 5.92 Å². The van der Waals surface area contributed by atoms with E-state index in [9.17, 15) is 0 Å². The van der Waals surface area contributed by atoms with E-state index in [4.69, 9.17) is 15.2 Å². The van der Waals surface area contributed by atoms with Crippen LogP contribution in [0, 0.1) is 5.92 Å². The molecule has 2 atom stereocenters. The molecule has 2 unspecified atom stereocenters. The first kappa shape index (κ1) is 12.3. The molecule has 3 heteroatoms. The number of hydrogen-bond acceptors (Lipinski definition) is 3. The molecule has 1 aliphatic heterocycles. The van der Waals surface area contributed by atoms with Gasteiger partial charge in [-0.1, -0.05) is 12.8 Å². The van der Waals surface area contributed by atoms with Gasteiger partial charge in [-0.25, -0.2) is 0 Å². The Labute approximate surface area is 98.7 Å². The number of rotatable bonds is 4. The largest absolute Gasteiger partial charge is 0.381 e. The predicted molar refractivity (Wildman–Crippen MR) is 64.3 cm³/mol. The van der Waals surface area contributed by atoms with E-state index < -0.39 is 0 Å². The molecule has 2 fully saturated rings. The average molecular weight is 227 g/mol. The molecule has 16 heavy (non-hydrogen) atoms. The van der Waals surface area contributed by atoms with Gasteiger partial charge in [0.15, 0.2) is 0 Å². The molecule has 2 aliphatic rings. The molecule has 1 saturated heterocycles. The fourth-order valence-electron chi connectivity index (χ4n) is 3.31. The zero-order valence-corrected chi connectivity index (χ0v) is 10.4. The summed E-state index contributed by atoms with van der Waals surface area (Å²) in [6, 6.07) is 0.162. The topological polar surface area (TPSA) is 44.5 Å². The van der Waals surface area contributed by atoms with Crippen LogP contribution >= 0.6 is 0 Å². The molecule has 0 aromatic carbocycles. The van der Waals surface area contributed by atoms with Crippen molar-refractivity contribution in [2.45, 2.75) is 57.1 Å². The van der Waals surface area contributed by atoms with Crippen molar-refractivity contribution in [3.05, 3.63) is 0 Å². The molecule has 0 aromatic heterocycles. The van der Waals surface area contributed by atoms with Crippen molar-refractivity contribution in [2.75, 3.05) is 19.8 Å². The Balaban J connectivity index is 2.00. The lowest BCUT2D eigenvalue weighted by atomic mass is 9.81. The van der Waals surface area contributed by atoms with E-state index in [1.54, 1.807) is 0 Å². The van der Waals surface area contributed by atoms with Gasteiger partial charge in [0.05, 0.1) is 12.2 Å². The first-order valence-corrected chi connectivity index (χ1v) is 6.76. The summed E-state index contributed by atoms with van der Waals surface area (Å²) in [5, 5.41) is 0. The Bertz CT molecular complexity index is 208. The van der Waals surface area contributed by atoms with Crippen molar-refractivity contribution in [1.82, 2.24) is 0 Å². The lowest BCUT2D eigenvalue weighted by Gasteiger charge is -2.40. The molecule has 2 rings (SSSR count). The highest BCUT2D eigenvalue weighted by atomic mass is 16.5. The van der Waals surface area contributed by atoms with Crippen LogP contribution in [0.5, 0.6) is 0 Å². The molecule has 2 N–H and O–H groups in total. The highest BCUT2D eigenvalue weighted by molar-refractivity contribution is 4.98. The third kappa shape index (κ3) is 2.41. The van der Waals surface area contributed by atoms with Gasteiger partial charge in [0.2, 0.25) is 0 Å². The van der Waals surface area contributed by atoms with Crippen LogP contribution in [0.2, 0.25) is 0 Å². The first-order valence-electron chi connectivity index (χ1n) is 6.76. The molecule has 1 heterocycles. The molecule has 0 radical (unpaired) electrons. The van der Waals surface area contributed by atoms with Gasteiger partial charge in [-0.15, -0.1) is 0 Å². The summed E-state index contributed by atoms with van der Waals surface area (Å²) in [6.45, 7) is 4.59. The molecule has 1 aliphatic carbocycles. The minimum Gasteiger partial charge on any atom is -0.381 e. The summed E-state index contributed by atoms with van der Waals surface area (Å²) in [5.74, 6) is 0.499. The van der Waals surface area contributed by atoms with Crippen molar-refractivity contribution in [1.29, 1.82) is 0 Å². The van der Waals surface area contributed by atoms with Crippen LogP contribution in [0.3, 0.4) is 0 Å². The Morgan fingerprint density at radius 2 is 2.12 bits per heavy atom. The maximum absolute atomic E-state index is 6.47. The Morgan fingerprint density at radius 1 is 1.38 bits per heavy atom. The highest BCUT2D eigenvalue weighted by Crippen LogP contribution is 2.39. The summed E-state index contributed by atoms with van der Waals surface area (Å²) in [7, 11) is 0. The van der Waals surface area contributed by atoms with E-state index in [0.717, 1.165) is 39.1 Å². The zero-order chi connectivity index (χ0) is 11.4. The van der Waals surface area contributed by atoms with Gasteiger partial charge in [-0.2, -0.15) is 0 Å². The summed E-state index contributed by atoms with van der Waals surface area (Å²) in [5.41, 5.74) is 6.43. The van der Waals surface area contributed by atoms with E-state index in [-0.39, 0.29) is 11.6 Å². The van der Waals surface area contributed by atoms with Gasteiger partial charge in [0.1, 0.15) is 0 Å². The number of nitrogens with two attached hydrogens (primary N) is 1. The van der Waals surface area contributed by atoms with Gasteiger partial charge in [0.25, 0.3) is 0 Å². The standard InChI is InChI=1S/C13H25NO2/c1-2-16-13(7-3-4-8-13)12(14)11-6-5-9-15-10-11/h11-12H,2-10,14H2,1H3. The van der Waals surface area contributed by atoms with Gasteiger partial charge < -0.3 is 15.2 Å². The van der Waals surface area contributed by atoms with Crippen LogP contribution in [-0.4, -0.2) is 31.5 Å². The highest BCUT2D eigenvalue weighted by Gasteiger charge is 2.43. The molecule has 0 amide bonds. The van der Waals surface area contributed by atoms with Crippen LogP contribution in [0.25, 0.3) is 0 Å². The van der Waals surface area contributed by atoms with E-state index in [2.05, 4.69) is 6.92 Å². The molecule has 3 nitrogen and oxygen atoms in total. The van der Waals surface area contributed by atoms with E-state index in [1.165, 1.54) is 19.3 Å². The Morgan fingerprint density at radius 3 is 2.69 bits per heavy atom. The molecule has 0 spiro atoms. The molecular weight excluding hydrogens is 202 g/mol. The fourth-order valence-corrected chi connectivity index (χ4v) is 3.31. The first-order chi connectivity index (χ1) is 7.78. The lowest BCUT2D eigenvalue weighted by Crippen LogP contribution is -2.54. The van der Waals surface area contributed by atoms with E-state index in [1.807, 2.05) is 0 Å². The van der Waals surface area contributed by atoms with Crippen LogP contribution in [0.15, 0.2) is 0 Å². The van der Waals surface area contributed by atoms with Crippen LogP contribution < -0.4 is 5.73 Å². The van der Waals surface area contributed by atoms with Crippen molar-refractivity contribution in [3.63, 3.8) is 0 Å². The molecular formula is C13H25NO2. The second kappa shape index (κ2) is 5.48. The van der Waals surface area contributed by atoms with Crippen LogP contribution in [0.1, 0.15) is 45.4 Å². The Kier molecular flexibility index (Phi) is 4.22. The van der Waals surface area contributed by atoms with Gasteiger partial charge >= 0.3 is 0 Å². The monoisotopic (exact) mass is 227 g/mol. The normalized spacial score (nSPS) is 31.5. The smallest absolute Gasteiger partial charge is 0.0836 e. The van der Waals surface area contributed by atoms with E-state index >= 15 is 0 Å². The predicted octanol–water partition coefficient (Wildman–Crippen LogP) is 2.09. The van der Waals surface area contributed by atoms with Crippen molar-refractivity contribution < 1.29 is 9.47 Å². The molecule has 0 aromatic rings. The Hall–Kier alpha value is -0.120. The number of ether oxygens (including phenoxy) is 2. The van der Waals surface area contributed by atoms with Crippen molar-refractivity contribution >= 4 is 0 Å². The minimum absolute atomic E-state index is 0.0416. The van der Waals surface area contributed by atoms with Crippen LogP contribution in [0.4, 0.5) is 0 Å². The maximum Gasteiger partial charge on any atom is 0.0836 e.